The predicted octanol–water partition coefficient (Wildman–Crippen LogP) is 2.31. The first kappa shape index (κ1) is 27.6. The van der Waals surface area contributed by atoms with E-state index >= 15 is 0 Å². The van der Waals surface area contributed by atoms with Gasteiger partial charge in [-0.05, 0) is 74.3 Å². The van der Waals surface area contributed by atoms with Crippen molar-refractivity contribution >= 4 is 16.1 Å². The van der Waals surface area contributed by atoms with Crippen molar-refractivity contribution in [3.8, 4) is 16.8 Å². The zero-order valence-electron chi connectivity index (χ0n) is 20.3. The van der Waals surface area contributed by atoms with Gasteiger partial charge in [-0.2, -0.15) is 5.10 Å². The van der Waals surface area contributed by atoms with Crippen LogP contribution < -0.4 is 34.9 Å². The largest absolute Gasteiger partial charge is 1.00 e. The molecule has 0 aliphatic carbocycles. The average Bonchev–Trinajstić information content (AvgIpc) is 3.13. The molecule has 1 N–H and O–H groups in total. The standard InChI is InChI=1S/C26H25FN4O3S.Na/c1-18-25(21-6-4-3-5-7-21)19(2)31(29-18)23-12-8-20(9-13-23)16-17-28-26(32)30-35(33,34)24-14-10-22(27)11-15-24;/h3-15H,16-17H2,1-2H3,(H2,28,30,32);/q;+1/p-1. The minimum atomic E-state index is -4.20. The first-order valence-electron chi connectivity index (χ1n) is 11.0. The van der Waals surface area contributed by atoms with Crippen molar-refractivity contribution < 1.29 is 47.2 Å². The third kappa shape index (κ3) is 6.41. The van der Waals surface area contributed by atoms with Crippen LogP contribution in [0.3, 0.4) is 0 Å². The second-order valence-corrected chi connectivity index (χ2v) is 9.60. The Labute approximate surface area is 232 Å². The summed E-state index contributed by atoms with van der Waals surface area (Å²) in [6.45, 7) is 4.23. The van der Waals surface area contributed by atoms with Crippen LogP contribution in [0.5, 0.6) is 0 Å². The van der Waals surface area contributed by atoms with Crippen LogP contribution in [0.2, 0.25) is 0 Å². The molecule has 0 saturated carbocycles. The number of carbonyl (C=O) groups is 1. The molecule has 3 aromatic carbocycles. The summed E-state index contributed by atoms with van der Waals surface area (Å²) in [4.78, 5) is 11.7. The van der Waals surface area contributed by atoms with E-state index in [4.69, 9.17) is 5.10 Å². The Hall–Kier alpha value is -2.98. The number of nitrogens with zero attached hydrogens (tertiary/aromatic N) is 3. The number of nitrogens with one attached hydrogen (secondary N) is 1. The van der Waals surface area contributed by atoms with Crippen molar-refractivity contribution in [3.05, 3.63) is 106 Å². The number of carbonyl (C=O) groups excluding carboxylic acids is 1. The number of halogens is 1. The molecule has 180 valence electrons. The molecule has 0 spiro atoms. The minimum absolute atomic E-state index is 0. The van der Waals surface area contributed by atoms with Gasteiger partial charge in [-0.25, -0.2) is 17.5 Å². The Morgan fingerprint density at radius 3 is 2.25 bits per heavy atom. The smallest absolute Gasteiger partial charge is 0.448 e. The molecule has 4 rings (SSSR count). The molecule has 0 saturated heterocycles. The second-order valence-electron chi connectivity index (χ2n) is 7.99. The Morgan fingerprint density at radius 1 is 0.972 bits per heavy atom. The fourth-order valence-electron chi connectivity index (χ4n) is 3.83. The second kappa shape index (κ2) is 11.8. The van der Waals surface area contributed by atoms with Gasteiger partial charge in [0.05, 0.1) is 16.3 Å². The first-order chi connectivity index (χ1) is 16.7. The molecule has 0 unspecified atom stereocenters. The van der Waals surface area contributed by atoms with Gasteiger partial charge in [0.2, 0.25) is 10.0 Å². The van der Waals surface area contributed by atoms with Crippen molar-refractivity contribution in [2.75, 3.05) is 6.54 Å². The summed E-state index contributed by atoms with van der Waals surface area (Å²) in [7, 11) is -4.20. The van der Waals surface area contributed by atoms with E-state index in [-0.39, 0.29) is 41.0 Å². The molecule has 7 nitrogen and oxygen atoms in total. The Balaban J connectivity index is 0.00000361. The summed E-state index contributed by atoms with van der Waals surface area (Å²) in [5.41, 5.74) is 6.09. The number of hydrogen-bond acceptors (Lipinski definition) is 4. The fourth-order valence-corrected chi connectivity index (χ4v) is 4.70. The summed E-state index contributed by atoms with van der Waals surface area (Å²) in [5.74, 6) is -0.575. The average molecular weight is 515 g/mol. The van der Waals surface area contributed by atoms with Crippen LogP contribution in [0.15, 0.2) is 83.8 Å². The third-order valence-corrected chi connectivity index (χ3v) is 6.81. The van der Waals surface area contributed by atoms with Gasteiger partial charge in [0.1, 0.15) is 5.82 Å². The van der Waals surface area contributed by atoms with E-state index in [2.05, 4.69) is 22.2 Å². The molecular formula is C26H24FN4NaO3S. The molecule has 4 aromatic rings. The molecule has 0 fully saturated rings. The van der Waals surface area contributed by atoms with E-state index in [9.17, 15) is 17.6 Å². The fraction of sp³-hybridized carbons (Fsp3) is 0.154. The van der Waals surface area contributed by atoms with Crippen molar-refractivity contribution in [2.24, 2.45) is 0 Å². The van der Waals surface area contributed by atoms with Crippen LogP contribution in [0.4, 0.5) is 9.18 Å². The Kier molecular flexibility index (Phi) is 9.08. The van der Waals surface area contributed by atoms with Crippen molar-refractivity contribution in [2.45, 2.75) is 25.2 Å². The van der Waals surface area contributed by atoms with Crippen molar-refractivity contribution in [3.63, 3.8) is 0 Å². The number of urea groups is 1. The van der Waals surface area contributed by atoms with Crippen LogP contribution in [0.25, 0.3) is 21.5 Å². The summed E-state index contributed by atoms with van der Waals surface area (Å²) in [6, 6.07) is 21.1. The third-order valence-electron chi connectivity index (χ3n) is 5.54. The number of hydrogen-bond donors (Lipinski definition) is 1. The van der Waals surface area contributed by atoms with Gasteiger partial charge in [-0.3, -0.25) is 4.79 Å². The van der Waals surface area contributed by atoms with E-state index in [1.165, 1.54) is 0 Å². The van der Waals surface area contributed by atoms with Gasteiger partial charge in [0.25, 0.3) is 0 Å². The zero-order chi connectivity index (χ0) is 25.0. The van der Waals surface area contributed by atoms with E-state index < -0.39 is 21.9 Å². The number of aromatic nitrogens is 2. The quantitative estimate of drug-likeness (QED) is 0.383. The summed E-state index contributed by atoms with van der Waals surface area (Å²) < 4.78 is 42.4. The molecule has 10 heteroatoms. The van der Waals surface area contributed by atoms with Crippen LogP contribution in [0, 0.1) is 19.7 Å². The van der Waals surface area contributed by atoms with Crippen LogP contribution >= 0.6 is 0 Å². The molecule has 0 aliphatic heterocycles. The minimum Gasteiger partial charge on any atom is -0.448 e. The van der Waals surface area contributed by atoms with Gasteiger partial charge in [-0.15, -0.1) is 0 Å². The predicted molar refractivity (Wildman–Crippen MR) is 133 cm³/mol. The molecule has 0 bridgehead atoms. The van der Waals surface area contributed by atoms with Gasteiger partial charge in [0, 0.05) is 11.3 Å². The van der Waals surface area contributed by atoms with E-state index in [0.717, 1.165) is 58.0 Å². The number of amides is 2. The normalized spacial score (nSPS) is 11.0. The van der Waals surface area contributed by atoms with Gasteiger partial charge in [-0.1, -0.05) is 42.5 Å². The maximum atomic E-state index is 13.0. The maximum Gasteiger partial charge on any atom is 1.00 e. The van der Waals surface area contributed by atoms with Crippen molar-refractivity contribution in [1.82, 2.24) is 15.1 Å². The summed E-state index contributed by atoms with van der Waals surface area (Å²) in [6.07, 6.45) is 0.491. The Morgan fingerprint density at radius 2 is 1.61 bits per heavy atom. The molecule has 0 aliphatic rings. The zero-order valence-corrected chi connectivity index (χ0v) is 23.1. The van der Waals surface area contributed by atoms with Gasteiger partial charge in [0.15, 0.2) is 6.03 Å². The monoisotopic (exact) mass is 514 g/mol. The Bertz CT molecular complexity index is 1440. The maximum absolute atomic E-state index is 13.0. The first-order valence-corrected chi connectivity index (χ1v) is 12.4. The molecule has 0 radical (unpaired) electrons. The van der Waals surface area contributed by atoms with Gasteiger partial charge < -0.3 is 10.0 Å². The number of benzene rings is 3. The molecule has 2 amide bonds. The summed E-state index contributed by atoms with van der Waals surface area (Å²) >= 11 is 0. The van der Waals surface area contributed by atoms with E-state index in [0.29, 0.717) is 6.42 Å². The SMILES string of the molecule is Cc1nn(-c2ccc(CCNC(=O)[N-]S(=O)(=O)c3ccc(F)cc3)cc2)c(C)c1-c1ccccc1.[Na+]. The van der Waals surface area contributed by atoms with Crippen LogP contribution in [-0.4, -0.2) is 30.8 Å². The molecule has 1 aromatic heterocycles. The van der Waals surface area contributed by atoms with E-state index in [1.807, 2.05) is 61.0 Å². The van der Waals surface area contributed by atoms with E-state index in [1.54, 1.807) is 0 Å². The number of aryl methyl sites for hydroxylation is 1. The number of sulfonamides is 1. The van der Waals surface area contributed by atoms with Crippen LogP contribution in [0.1, 0.15) is 17.0 Å². The summed E-state index contributed by atoms with van der Waals surface area (Å²) in [5, 5.41) is 7.18. The molecule has 36 heavy (non-hydrogen) atoms. The molecular weight excluding hydrogens is 490 g/mol. The van der Waals surface area contributed by atoms with Crippen molar-refractivity contribution in [1.29, 1.82) is 0 Å². The number of rotatable bonds is 7. The molecule has 1 heterocycles. The van der Waals surface area contributed by atoms with Gasteiger partial charge >= 0.3 is 29.6 Å². The topological polar surface area (TPSA) is 95.2 Å². The molecule has 0 atom stereocenters. The van der Waals surface area contributed by atoms with Crippen LogP contribution in [-0.2, 0) is 16.4 Å².